The average Bonchev–Trinajstić information content (AvgIpc) is 3.15. The van der Waals surface area contributed by atoms with Gasteiger partial charge in [0.15, 0.2) is 0 Å². The maximum Gasteiger partial charge on any atom is 0.343 e. The van der Waals surface area contributed by atoms with Gasteiger partial charge in [0.05, 0.1) is 33.0 Å². The Hall–Kier alpha value is -2.63. The van der Waals surface area contributed by atoms with E-state index in [1.165, 1.54) is 4.67 Å². The van der Waals surface area contributed by atoms with Crippen LogP contribution >= 0.6 is 30.9 Å². The number of nitrogens with zero attached hydrogens (tertiary/aromatic N) is 1. The Balaban J connectivity index is 1.53. The van der Waals surface area contributed by atoms with Gasteiger partial charge in [-0.1, -0.05) is 121 Å². The molecule has 0 aromatic heterocycles. The molecular formula is C38H45Cl2N2O7P. The van der Waals surface area contributed by atoms with Crippen molar-refractivity contribution in [2.45, 2.75) is 57.1 Å². The van der Waals surface area contributed by atoms with Crippen molar-refractivity contribution in [3.8, 4) is 0 Å². The Labute approximate surface area is 304 Å². The van der Waals surface area contributed by atoms with Crippen LogP contribution in [0.2, 0.25) is 0 Å². The van der Waals surface area contributed by atoms with Gasteiger partial charge in [0.2, 0.25) is 0 Å². The van der Waals surface area contributed by atoms with Gasteiger partial charge in [-0.15, -0.1) is 23.2 Å². The standard InChI is InChI=1S/C38H45Cl2N2O7P/c39-21-23-41-50(43,44)42(24-22-40)38-37(48-28-33-19-11-4-12-20-33)36(47-27-32-17-9-3-10-18-32)35(46-26-31-15-7-2-8-16-31)34(49-38)29-45-25-30-13-5-1-6-14-30/h1-20,34-38H,21-29H2,(H2,41,43,44)/t34-,35+,36+,37-,38?/m1/s1. The van der Waals surface area contributed by atoms with Crippen LogP contribution in [-0.4, -0.2) is 71.7 Å². The first-order valence-corrected chi connectivity index (χ1v) is 19.4. The fraction of sp³-hybridized carbons (Fsp3) is 0.368. The van der Waals surface area contributed by atoms with E-state index in [2.05, 4.69) is 5.09 Å². The van der Waals surface area contributed by atoms with E-state index < -0.39 is 38.3 Å². The van der Waals surface area contributed by atoms with Gasteiger partial charge < -0.3 is 28.6 Å². The van der Waals surface area contributed by atoms with Gasteiger partial charge >= 0.3 is 7.67 Å². The van der Waals surface area contributed by atoms with E-state index in [1.54, 1.807) is 0 Å². The average molecular weight is 744 g/mol. The van der Waals surface area contributed by atoms with Crippen LogP contribution in [0, 0.1) is 0 Å². The van der Waals surface area contributed by atoms with Crippen LogP contribution in [0.4, 0.5) is 0 Å². The van der Waals surface area contributed by atoms with Gasteiger partial charge in [-0.2, -0.15) is 4.67 Å². The second-order valence-corrected chi connectivity index (χ2v) is 14.5. The molecular weight excluding hydrogens is 698 g/mol. The van der Waals surface area contributed by atoms with Gasteiger partial charge in [-0.25, -0.2) is 5.09 Å². The predicted molar refractivity (Wildman–Crippen MR) is 196 cm³/mol. The molecule has 0 amide bonds. The highest BCUT2D eigenvalue weighted by molar-refractivity contribution is 7.53. The first-order chi connectivity index (χ1) is 24.5. The minimum absolute atomic E-state index is 0.0129. The second kappa shape index (κ2) is 20.4. The molecule has 2 N–H and O–H groups in total. The normalized spacial score (nSPS) is 22.0. The SMILES string of the molecule is O=P(O)(NCCCl)N(CCCl)C1O[C@H](COCc2ccccc2)[C@H](OCc2ccccc2)[C@H](OCc2ccccc2)[C@H]1OCc1ccccc1. The number of benzene rings is 4. The zero-order valence-corrected chi connectivity index (χ0v) is 30.3. The molecule has 2 unspecified atom stereocenters. The number of hydrogen-bond acceptors (Lipinski definition) is 6. The van der Waals surface area contributed by atoms with Crippen LogP contribution in [0.15, 0.2) is 121 Å². The summed E-state index contributed by atoms with van der Waals surface area (Å²) in [5.74, 6) is 0.184. The number of hydrogen-bond donors (Lipinski definition) is 2. The van der Waals surface area contributed by atoms with Crippen LogP contribution in [0.3, 0.4) is 0 Å². The number of rotatable bonds is 20. The third kappa shape index (κ3) is 11.4. The topological polar surface area (TPSA) is 98.7 Å². The summed E-state index contributed by atoms with van der Waals surface area (Å²) in [4.78, 5) is 11.4. The Morgan fingerprint density at radius 1 is 0.640 bits per heavy atom. The van der Waals surface area contributed by atoms with E-state index in [0.29, 0.717) is 6.61 Å². The van der Waals surface area contributed by atoms with Crippen LogP contribution in [0.1, 0.15) is 22.3 Å². The molecule has 9 nitrogen and oxygen atoms in total. The lowest BCUT2D eigenvalue weighted by atomic mass is 9.96. The van der Waals surface area contributed by atoms with Crippen LogP contribution in [0.5, 0.6) is 0 Å². The van der Waals surface area contributed by atoms with Gasteiger partial charge in [0, 0.05) is 24.8 Å². The molecule has 1 aliphatic rings. The van der Waals surface area contributed by atoms with Crippen molar-refractivity contribution in [3.05, 3.63) is 144 Å². The van der Waals surface area contributed by atoms with Gasteiger partial charge in [0.1, 0.15) is 30.6 Å². The van der Waals surface area contributed by atoms with Gasteiger partial charge in [-0.3, -0.25) is 4.57 Å². The number of ether oxygens (including phenoxy) is 5. The molecule has 4 aromatic carbocycles. The lowest BCUT2D eigenvalue weighted by Gasteiger charge is -2.49. The summed E-state index contributed by atoms with van der Waals surface area (Å²) < 4.78 is 48.5. The van der Waals surface area contributed by atoms with Crippen molar-refractivity contribution in [2.24, 2.45) is 0 Å². The Bertz CT molecular complexity index is 1560. The molecule has 1 saturated heterocycles. The summed E-state index contributed by atoms with van der Waals surface area (Å²) in [5.41, 5.74) is 3.83. The first kappa shape index (κ1) is 38.6. The molecule has 0 spiro atoms. The molecule has 6 atom stereocenters. The lowest BCUT2D eigenvalue weighted by Crippen LogP contribution is -2.65. The zero-order valence-electron chi connectivity index (χ0n) is 27.8. The molecule has 12 heteroatoms. The van der Waals surface area contributed by atoms with Crippen molar-refractivity contribution in [1.82, 2.24) is 9.76 Å². The zero-order chi connectivity index (χ0) is 35.0. The smallest absolute Gasteiger partial charge is 0.343 e. The Morgan fingerprint density at radius 3 is 1.54 bits per heavy atom. The molecule has 268 valence electrons. The number of nitrogens with one attached hydrogen (secondary N) is 1. The molecule has 1 fully saturated rings. The predicted octanol–water partition coefficient (Wildman–Crippen LogP) is 7.15. The van der Waals surface area contributed by atoms with Crippen molar-refractivity contribution in [2.75, 3.05) is 31.5 Å². The van der Waals surface area contributed by atoms with E-state index in [4.69, 9.17) is 46.9 Å². The molecule has 5 rings (SSSR count). The highest BCUT2D eigenvalue weighted by Crippen LogP contribution is 2.46. The summed E-state index contributed by atoms with van der Waals surface area (Å²) in [6.07, 6.45) is -4.17. The summed E-state index contributed by atoms with van der Waals surface area (Å²) in [6, 6.07) is 39.2. The van der Waals surface area contributed by atoms with E-state index in [0.717, 1.165) is 22.3 Å². The highest BCUT2D eigenvalue weighted by Gasteiger charge is 2.53. The van der Waals surface area contributed by atoms with Crippen LogP contribution in [0.25, 0.3) is 0 Å². The molecule has 0 saturated carbocycles. The largest absolute Gasteiger partial charge is 0.374 e. The van der Waals surface area contributed by atoms with Crippen LogP contribution < -0.4 is 5.09 Å². The van der Waals surface area contributed by atoms with Crippen molar-refractivity contribution in [1.29, 1.82) is 0 Å². The van der Waals surface area contributed by atoms with Crippen molar-refractivity contribution in [3.63, 3.8) is 0 Å². The van der Waals surface area contributed by atoms with Gasteiger partial charge in [-0.05, 0) is 22.3 Å². The van der Waals surface area contributed by atoms with Crippen molar-refractivity contribution < 1.29 is 33.1 Å². The van der Waals surface area contributed by atoms with E-state index in [1.807, 2.05) is 121 Å². The maximum absolute atomic E-state index is 14.0. The third-order valence-electron chi connectivity index (χ3n) is 8.23. The lowest BCUT2D eigenvalue weighted by molar-refractivity contribution is -0.291. The molecule has 0 radical (unpaired) electrons. The summed E-state index contributed by atoms with van der Waals surface area (Å²) in [6.45, 7) is 1.25. The highest BCUT2D eigenvalue weighted by atomic mass is 35.5. The summed E-state index contributed by atoms with van der Waals surface area (Å²) in [5, 5.41) is 2.70. The molecule has 1 aliphatic heterocycles. The quantitative estimate of drug-likeness (QED) is 0.0723. The van der Waals surface area contributed by atoms with E-state index in [9.17, 15) is 9.46 Å². The monoisotopic (exact) mass is 742 g/mol. The van der Waals surface area contributed by atoms with E-state index >= 15 is 0 Å². The molecule has 1 heterocycles. The van der Waals surface area contributed by atoms with Crippen LogP contribution in [-0.2, 0) is 54.7 Å². The fourth-order valence-corrected chi connectivity index (χ4v) is 7.76. The molecule has 0 bridgehead atoms. The molecule has 50 heavy (non-hydrogen) atoms. The first-order valence-electron chi connectivity index (χ1n) is 16.7. The fourth-order valence-electron chi connectivity index (χ4n) is 5.79. The summed E-state index contributed by atoms with van der Waals surface area (Å²) in [7, 11) is -4.25. The Morgan fingerprint density at radius 2 is 1.08 bits per heavy atom. The third-order valence-corrected chi connectivity index (χ3v) is 10.3. The minimum Gasteiger partial charge on any atom is -0.374 e. The van der Waals surface area contributed by atoms with Crippen molar-refractivity contribution >= 4 is 30.9 Å². The number of halogens is 2. The number of alkyl halides is 2. The summed E-state index contributed by atoms with van der Waals surface area (Å²) >= 11 is 12.2. The van der Waals surface area contributed by atoms with Gasteiger partial charge in [0.25, 0.3) is 0 Å². The Kier molecular flexibility index (Phi) is 15.8. The molecule has 4 aromatic rings. The maximum atomic E-state index is 14.0. The minimum atomic E-state index is -4.25. The molecule has 0 aliphatic carbocycles. The second-order valence-electron chi connectivity index (χ2n) is 11.8. The van der Waals surface area contributed by atoms with E-state index in [-0.39, 0.29) is 51.3 Å².